The first-order valence-electron chi connectivity index (χ1n) is 8.02. The second kappa shape index (κ2) is 5.48. The smallest absolute Gasteiger partial charge is 0.0242 e. The molecule has 3 heterocycles. The third kappa shape index (κ3) is 2.59. The van der Waals surface area contributed by atoms with Gasteiger partial charge < -0.3 is 4.90 Å². The molecule has 4 atom stereocenters. The lowest BCUT2D eigenvalue weighted by Crippen LogP contribution is -2.58. The summed E-state index contributed by atoms with van der Waals surface area (Å²) in [5.41, 5.74) is 3.88. The van der Waals surface area contributed by atoms with Gasteiger partial charge in [0.25, 0.3) is 0 Å². The molecule has 0 aromatic rings. The third-order valence-corrected chi connectivity index (χ3v) is 5.35. The van der Waals surface area contributed by atoms with Gasteiger partial charge in [0, 0.05) is 24.2 Å². The van der Waals surface area contributed by atoms with Gasteiger partial charge in [-0.15, -0.1) is 0 Å². The minimum Gasteiger partial charge on any atom is -0.300 e. The van der Waals surface area contributed by atoms with Crippen LogP contribution < -0.4 is 5.43 Å². The van der Waals surface area contributed by atoms with Crippen LogP contribution in [0.1, 0.15) is 58.8 Å². The Balaban J connectivity index is 1.55. The van der Waals surface area contributed by atoms with E-state index in [0.29, 0.717) is 0 Å². The van der Waals surface area contributed by atoms with Gasteiger partial charge in [0.1, 0.15) is 0 Å². The first-order valence-corrected chi connectivity index (χ1v) is 8.02. The quantitative estimate of drug-likeness (QED) is 0.813. The Morgan fingerprint density at radius 3 is 2.44 bits per heavy atom. The summed E-state index contributed by atoms with van der Waals surface area (Å²) in [5.74, 6) is 0. The normalized spacial score (nSPS) is 43.0. The standard InChI is InChI=1S/C15H29N3/c1-12-5-3-6-13(2)18(12)16-14-8-10-17-9-4-7-15(17)11-14/h12-16H,3-11H2,1-2H3. The lowest BCUT2D eigenvalue weighted by atomic mass is 9.96. The fraction of sp³-hybridized carbons (Fsp3) is 1.00. The molecule has 3 aliphatic rings. The number of rotatable bonds is 2. The van der Waals surface area contributed by atoms with E-state index in [1.165, 1.54) is 58.0 Å². The highest BCUT2D eigenvalue weighted by Crippen LogP contribution is 2.28. The molecule has 0 spiro atoms. The third-order valence-electron chi connectivity index (χ3n) is 5.35. The first kappa shape index (κ1) is 12.9. The topological polar surface area (TPSA) is 18.5 Å². The van der Waals surface area contributed by atoms with Gasteiger partial charge in [0.15, 0.2) is 0 Å². The van der Waals surface area contributed by atoms with Crippen molar-refractivity contribution in [3.8, 4) is 0 Å². The monoisotopic (exact) mass is 251 g/mol. The number of fused-ring (bicyclic) bond motifs is 1. The van der Waals surface area contributed by atoms with E-state index in [0.717, 1.165) is 24.2 Å². The summed E-state index contributed by atoms with van der Waals surface area (Å²) in [6.07, 6.45) is 9.69. The van der Waals surface area contributed by atoms with Crippen LogP contribution in [0.5, 0.6) is 0 Å². The van der Waals surface area contributed by atoms with Gasteiger partial charge in [0.05, 0.1) is 0 Å². The summed E-state index contributed by atoms with van der Waals surface area (Å²) >= 11 is 0. The average molecular weight is 251 g/mol. The van der Waals surface area contributed by atoms with E-state index in [-0.39, 0.29) is 0 Å². The highest BCUT2D eigenvalue weighted by atomic mass is 15.5. The Morgan fingerprint density at radius 1 is 0.889 bits per heavy atom. The zero-order valence-electron chi connectivity index (χ0n) is 12.1. The Morgan fingerprint density at radius 2 is 1.67 bits per heavy atom. The zero-order valence-corrected chi connectivity index (χ0v) is 12.1. The van der Waals surface area contributed by atoms with Crippen molar-refractivity contribution in [1.82, 2.24) is 15.3 Å². The molecule has 0 saturated carbocycles. The summed E-state index contributed by atoms with van der Waals surface area (Å²) in [7, 11) is 0. The summed E-state index contributed by atoms with van der Waals surface area (Å²) in [6.45, 7) is 7.44. The maximum absolute atomic E-state index is 3.88. The Kier molecular flexibility index (Phi) is 3.92. The van der Waals surface area contributed by atoms with Gasteiger partial charge in [-0.3, -0.25) is 5.43 Å². The number of nitrogens with zero attached hydrogens (tertiary/aromatic N) is 2. The molecule has 3 rings (SSSR count). The van der Waals surface area contributed by atoms with Crippen molar-refractivity contribution in [1.29, 1.82) is 0 Å². The molecule has 0 radical (unpaired) electrons. The van der Waals surface area contributed by atoms with Crippen molar-refractivity contribution in [3.05, 3.63) is 0 Å². The molecule has 3 aliphatic heterocycles. The molecule has 18 heavy (non-hydrogen) atoms. The van der Waals surface area contributed by atoms with Gasteiger partial charge in [0.2, 0.25) is 0 Å². The van der Waals surface area contributed by atoms with Gasteiger partial charge >= 0.3 is 0 Å². The average Bonchev–Trinajstić information content (AvgIpc) is 2.81. The number of piperidine rings is 2. The van der Waals surface area contributed by atoms with Gasteiger partial charge in [-0.05, 0) is 65.5 Å². The molecular formula is C15H29N3. The SMILES string of the molecule is CC1CCCC(C)N1NC1CCN2CCCC2C1. The largest absolute Gasteiger partial charge is 0.300 e. The molecule has 0 bridgehead atoms. The molecule has 0 aliphatic carbocycles. The first-order chi connectivity index (χ1) is 8.74. The molecule has 4 unspecified atom stereocenters. The zero-order chi connectivity index (χ0) is 12.5. The van der Waals surface area contributed by atoms with Crippen LogP contribution in [0.4, 0.5) is 0 Å². The van der Waals surface area contributed by atoms with Crippen molar-refractivity contribution >= 4 is 0 Å². The number of hydrogen-bond donors (Lipinski definition) is 1. The highest BCUT2D eigenvalue weighted by Gasteiger charge is 2.34. The van der Waals surface area contributed by atoms with Crippen LogP contribution in [-0.2, 0) is 0 Å². The summed E-state index contributed by atoms with van der Waals surface area (Å²) in [4.78, 5) is 2.71. The highest BCUT2D eigenvalue weighted by molar-refractivity contribution is 4.90. The van der Waals surface area contributed by atoms with E-state index in [4.69, 9.17) is 0 Å². The van der Waals surface area contributed by atoms with Crippen LogP contribution in [0.2, 0.25) is 0 Å². The van der Waals surface area contributed by atoms with Gasteiger partial charge in [-0.25, -0.2) is 5.01 Å². The van der Waals surface area contributed by atoms with Crippen molar-refractivity contribution in [3.63, 3.8) is 0 Å². The van der Waals surface area contributed by atoms with Crippen LogP contribution in [0, 0.1) is 0 Å². The van der Waals surface area contributed by atoms with E-state index in [1.807, 2.05) is 0 Å². The van der Waals surface area contributed by atoms with E-state index in [1.54, 1.807) is 0 Å². The van der Waals surface area contributed by atoms with Gasteiger partial charge in [-0.1, -0.05) is 6.42 Å². The van der Waals surface area contributed by atoms with E-state index in [2.05, 4.69) is 29.2 Å². The van der Waals surface area contributed by atoms with Crippen molar-refractivity contribution < 1.29 is 0 Å². The van der Waals surface area contributed by atoms with Crippen LogP contribution in [0.25, 0.3) is 0 Å². The summed E-state index contributed by atoms with van der Waals surface area (Å²) in [6, 6.07) is 3.05. The molecule has 3 saturated heterocycles. The van der Waals surface area contributed by atoms with E-state index >= 15 is 0 Å². The van der Waals surface area contributed by atoms with Crippen molar-refractivity contribution in [2.45, 2.75) is 83.0 Å². The van der Waals surface area contributed by atoms with Gasteiger partial charge in [-0.2, -0.15) is 0 Å². The minimum atomic E-state index is 0.718. The molecule has 0 amide bonds. The summed E-state index contributed by atoms with van der Waals surface area (Å²) in [5, 5.41) is 2.57. The molecule has 1 N–H and O–H groups in total. The lowest BCUT2D eigenvalue weighted by Gasteiger charge is -2.44. The predicted octanol–water partition coefficient (Wildman–Crippen LogP) is 2.38. The van der Waals surface area contributed by atoms with Crippen LogP contribution in [-0.4, -0.2) is 47.2 Å². The predicted molar refractivity (Wildman–Crippen MR) is 75.4 cm³/mol. The molecular weight excluding hydrogens is 222 g/mol. The molecule has 3 heteroatoms. The van der Waals surface area contributed by atoms with E-state index in [9.17, 15) is 0 Å². The summed E-state index contributed by atoms with van der Waals surface area (Å²) < 4.78 is 0. The molecule has 0 aromatic carbocycles. The van der Waals surface area contributed by atoms with Crippen LogP contribution >= 0.6 is 0 Å². The van der Waals surface area contributed by atoms with Crippen LogP contribution in [0.3, 0.4) is 0 Å². The minimum absolute atomic E-state index is 0.718. The molecule has 3 nitrogen and oxygen atoms in total. The maximum Gasteiger partial charge on any atom is 0.0242 e. The van der Waals surface area contributed by atoms with Crippen molar-refractivity contribution in [2.75, 3.05) is 13.1 Å². The lowest BCUT2D eigenvalue weighted by molar-refractivity contribution is 0.0115. The second-order valence-electron chi connectivity index (χ2n) is 6.72. The Hall–Kier alpha value is -0.120. The molecule has 3 fully saturated rings. The van der Waals surface area contributed by atoms with Crippen LogP contribution in [0.15, 0.2) is 0 Å². The van der Waals surface area contributed by atoms with E-state index < -0.39 is 0 Å². The molecule has 104 valence electrons. The second-order valence-corrected chi connectivity index (χ2v) is 6.72. The maximum atomic E-state index is 3.88. The Bertz CT molecular complexity index is 271. The van der Waals surface area contributed by atoms with Crippen molar-refractivity contribution in [2.24, 2.45) is 0 Å². The Labute approximate surface area is 112 Å². The number of nitrogens with one attached hydrogen (secondary N) is 1. The molecule has 0 aromatic heterocycles. The number of hydrogen-bond acceptors (Lipinski definition) is 3. The number of hydrazine groups is 1. The fourth-order valence-corrected chi connectivity index (χ4v) is 4.23. The fourth-order valence-electron chi connectivity index (χ4n) is 4.23.